The fourth-order valence-corrected chi connectivity index (χ4v) is 3.97. The van der Waals surface area contributed by atoms with E-state index in [9.17, 15) is 13.6 Å². The van der Waals surface area contributed by atoms with Crippen LogP contribution in [-0.2, 0) is 0 Å². The van der Waals surface area contributed by atoms with Crippen molar-refractivity contribution in [3.8, 4) is 5.88 Å². The fourth-order valence-electron chi connectivity index (χ4n) is 3.97. The molecule has 0 saturated carbocycles. The van der Waals surface area contributed by atoms with Crippen molar-refractivity contribution in [3.63, 3.8) is 0 Å². The highest BCUT2D eigenvalue weighted by Gasteiger charge is 2.47. The topological polar surface area (TPSA) is 55.6 Å². The molecule has 0 bridgehead atoms. The van der Waals surface area contributed by atoms with Crippen molar-refractivity contribution in [2.24, 2.45) is 0 Å². The zero-order valence-corrected chi connectivity index (χ0v) is 16.8. The first kappa shape index (κ1) is 19.5. The number of pyridine rings is 1. The van der Waals surface area contributed by atoms with E-state index >= 15 is 0 Å². The number of likely N-dealkylation sites (tertiary alicyclic amines) is 1. The largest absolute Gasteiger partial charge is 0.466 e. The molecule has 0 radical (unpaired) electrons. The van der Waals surface area contributed by atoms with Crippen molar-refractivity contribution >= 4 is 27.8 Å². The number of alkyl halides is 2. The lowest BCUT2D eigenvalue weighted by Gasteiger charge is -2.37. The number of hydrogen-bond donors (Lipinski definition) is 0. The maximum Gasteiger partial charge on any atom is 0.287 e. The molecule has 0 aliphatic carbocycles. The quantitative estimate of drug-likeness (QED) is 0.454. The van der Waals surface area contributed by atoms with E-state index in [-0.39, 0.29) is 24.9 Å². The van der Waals surface area contributed by atoms with Crippen molar-refractivity contribution in [1.82, 2.24) is 9.88 Å². The Labute approximate surface area is 177 Å². The van der Waals surface area contributed by atoms with Crippen LogP contribution in [0.3, 0.4) is 0 Å². The summed E-state index contributed by atoms with van der Waals surface area (Å²) >= 11 is 0. The Morgan fingerprint density at radius 2 is 1.94 bits per heavy atom. The number of amides is 1. The molecule has 5 nitrogen and oxygen atoms in total. The van der Waals surface area contributed by atoms with Crippen LogP contribution in [0.4, 0.5) is 8.78 Å². The average molecular weight is 422 g/mol. The van der Waals surface area contributed by atoms with Crippen LogP contribution < -0.4 is 4.74 Å². The predicted octanol–water partition coefficient (Wildman–Crippen LogP) is 5.22. The molecule has 7 heteroatoms. The fraction of sp³-hybridized carbons (Fsp3) is 0.250. The van der Waals surface area contributed by atoms with Gasteiger partial charge in [0.05, 0.1) is 17.6 Å². The van der Waals surface area contributed by atoms with Gasteiger partial charge < -0.3 is 14.1 Å². The molecule has 158 valence electrons. The van der Waals surface area contributed by atoms with E-state index < -0.39 is 18.4 Å². The summed E-state index contributed by atoms with van der Waals surface area (Å²) in [5.41, 5.74) is 1.49. The lowest BCUT2D eigenvalue weighted by molar-refractivity contribution is -0.131. The van der Waals surface area contributed by atoms with Gasteiger partial charge in [0.25, 0.3) is 11.8 Å². The number of ether oxygens (including phenoxy) is 1. The third kappa shape index (κ3) is 3.60. The molecule has 1 fully saturated rings. The number of carbonyl (C=O) groups excluding carboxylic acids is 1. The number of carbonyl (C=O) groups is 1. The van der Waals surface area contributed by atoms with Crippen molar-refractivity contribution in [2.75, 3.05) is 13.1 Å². The van der Waals surface area contributed by atoms with Crippen molar-refractivity contribution in [3.05, 3.63) is 72.0 Å². The summed E-state index contributed by atoms with van der Waals surface area (Å²) in [6.07, 6.45) is -1.97. The second-order valence-electron chi connectivity index (χ2n) is 7.79. The highest BCUT2D eigenvalue weighted by molar-refractivity contribution is 6.05. The number of aromatic nitrogens is 1. The molecule has 31 heavy (non-hydrogen) atoms. The van der Waals surface area contributed by atoms with E-state index in [1.165, 1.54) is 4.90 Å². The molecule has 1 atom stereocenters. The molecule has 3 heterocycles. The smallest absolute Gasteiger partial charge is 0.287 e. The number of fused-ring (bicyclic) bond motifs is 2. The summed E-state index contributed by atoms with van der Waals surface area (Å²) in [7, 11) is 0. The van der Waals surface area contributed by atoms with Crippen LogP contribution >= 0.6 is 0 Å². The summed E-state index contributed by atoms with van der Waals surface area (Å²) in [5.74, 6) is -2.63. The molecular formula is C24H20F2N2O3. The lowest BCUT2D eigenvalue weighted by atomic mass is 10.0. The van der Waals surface area contributed by atoms with Crippen molar-refractivity contribution in [1.29, 1.82) is 0 Å². The Kier molecular flexibility index (Phi) is 4.61. The molecule has 1 saturated heterocycles. The molecule has 1 aliphatic heterocycles. The zero-order chi connectivity index (χ0) is 21.6. The van der Waals surface area contributed by atoms with Crippen LogP contribution in [0.2, 0.25) is 0 Å². The van der Waals surface area contributed by atoms with Gasteiger partial charge in [-0.05, 0) is 31.2 Å². The number of nitrogens with zero attached hydrogens (tertiary/aromatic N) is 2. The van der Waals surface area contributed by atoms with E-state index in [0.29, 0.717) is 22.4 Å². The third-order valence-electron chi connectivity index (χ3n) is 5.59. The first-order valence-corrected chi connectivity index (χ1v) is 10.1. The predicted molar refractivity (Wildman–Crippen MR) is 113 cm³/mol. The number of rotatable bonds is 3. The Hall–Kier alpha value is -3.48. The monoisotopic (exact) mass is 422 g/mol. The Morgan fingerprint density at radius 3 is 2.81 bits per heavy atom. The molecule has 0 N–H and O–H groups in total. The first-order valence-electron chi connectivity index (χ1n) is 10.1. The molecule has 2 aromatic carbocycles. The maximum atomic E-state index is 14.7. The first-order chi connectivity index (χ1) is 14.9. The third-order valence-corrected chi connectivity index (χ3v) is 5.59. The van der Waals surface area contributed by atoms with Gasteiger partial charge in [-0.3, -0.25) is 4.79 Å². The van der Waals surface area contributed by atoms with Gasteiger partial charge in [0.15, 0.2) is 6.10 Å². The Bertz CT molecular complexity index is 1280. The number of para-hydroxylation sites is 2. The van der Waals surface area contributed by atoms with E-state index in [4.69, 9.17) is 9.15 Å². The standard InChI is InChI=1S/C24H20F2N2O3/c1-15-13-17-6-4-7-18(22(17)30-15)23(29)28-12-11-24(25,26)20(14-28)31-21-10-9-16-5-2-3-8-19(16)27-21/h2-10,13,20H,11-12,14H2,1H3. The van der Waals surface area contributed by atoms with Gasteiger partial charge in [-0.15, -0.1) is 0 Å². The summed E-state index contributed by atoms with van der Waals surface area (Å²) in [6.45, 7) is 1.50. The van der Waals surface area contributed by atoms with Crippen LogP contribution in [0, 0.1) is 6.92 Å². The summed E-state index contributed by atoms with van der Waals surface area (Å²) in [4.78, 5) is 18.9. The molecule has 1 aliphatic rings. The minimum absolute atomic E-state index is 0.0626. The van der Waals surface area contributed by atoms with Crippen LogP contribution in [0.15, 0.2) is 65.1 Å². The van der Waals surface area contributed by atoms with Crippen LogP contribution in [-0.4, -0.2) is 40.9 Å². The molecule has 1 unspecified atom stereocenters. The average Bonchev–Trinajstić information content (AvgIpc) is 3.15. The highest BCUT2D eigenvalue weighted by atomic mass is 19.3. The summed E-state index contributed by atoms with van der Waals surface area (Å²) < 4.78 is 40.6. The minimum Gasteiger partial charge on any atom is -0.466 e. The van der Waals surface area contributed by atoms with Gasteiger partial charge in [0.2, 0.25) is 5.88 Å². The second kappa shape index (κ2) is 7.34. The molecule has 0 spiro atoms. The number of hydrogen-bond acceptors (Lipinski definition) is 4. The second-order valence-corrected chi connectivity index (χ2v) is 7.79. The zero-order valence-electron chi connectivity index (χ0n) is 16.8. The summed E-state index contributed by atoms with van der Waals surface area (Å²) in [5, 5.41) is 1.70. The van der Waals surface area contributed by atoms with Crippen LogP contribution in [0.5, 0.6) is 5.88 Å². The van der Waals surface area contributed by atoms with E-state index in [0.717, 1.165) is 10.8 Å². The number of halogens is 2. The van der Waals surface area contributed by atoms with Gasteiger partial charge in [-0.1, -0.05) is 30.3 Å². The van der Waals surface area contributed by atoms with Crippen molar-refractivity contribution in [2.45, 2.75) is 25.4 Å². The maximum absolute atomic E-state index is 14.7. The van der Waals surface area contributed by atoms with Gasteiger partial charge in [0, 0.05) is 29.8 Å². The number of furan rings is 1. The van der Waals surface area contributed by atoms with Crippen LogP contribution in [0.25, 0.3) is 21.9 Å². The van der Waals surface area contributed by atoms with Gasteiger partial charge in [-0.2, -0.15) is 0 Å². The van der Waals surface area contributed by atoms with E-state index in [1.807, 2.05) is 30.3 Å². The van der Waals surface area contributed by atoms with Gasteiger partial charge in [0.1, 0.15) is 11.3 Å². The number of piperidine rings is 1. The number of aryl methyl sites for hydroxylation is 1. The van der Waals surface area contributed by atoms with Crippen molar-refractivity contribution < 1.29 is 22.7 Å². The SMILES string of the molecule is Cc1cc2cccc(C(=O)N3CCC(F)(F)C(Oc4ccc5ccccc5n4)C3)c2o1. The molecule has 2 aromatic heterocycles. The molecule has 1 amide bonds. The molecular weight excluding hydrogens is 402 g/mol. The van der Waals surface area contributed by atoms with E-state index in [1.54, 1.807) is 37.3 Å². The van der Waals surface area contributed by atoms with Crippen LogP contribution in [0.1, 0.15) is 22.5 Å². The molecule has 4 aromatic rings. The normalized spacial score (nSPS) is 18.4. The van der Waals surface area contributed by atoms with E-state index in [2.05, 4.69) is 4.98 Å². The minimum atomic E-state index is -3.07. The highest BCUT2D eigenvalue weighted by Crippen LogP contribution is 2.33. The van der Waals surface area contributed by atoms with Gasteiger partial charge in [-0.25, -0.2) is 13.8 Å². The Balaban J connectivity index is 1.41. The Morgan fingerprint density at radius 1 is 1.13 bits per heavy atom. The molecule has 5 rings (SSSR count). The lowest BCUT2D eigenvalue weighted by Crippen LogP contribution is -2.55. The number of benzene rings is 2. The summed E-state index contributed by atoms with van der Waals surface area (Å²) in [6, 6.07) is 17.8. The van der Waals surface area contributed by atoms with Gasteiger partial charge >= 0.3 is 0 Å².